The first-order valence-corrected chi connectivity index (χ1v) is 10.4. The van der Waals surface area contributed by atoms with Crippen LogP contribution in [0.15, 0.2) is 79.1 Å². The fourth-order valence-electron chi connectivity index (χ4n) is 4.20. The number of aromatic nitrogens is 2. The smallest absolute Gasteiger partial charge is 0.228 e. The predicted octanol–water partition coefficient (Wildman–Crippen LogP) is 4.16. The Hall–Kier alpha value is -4.00. The van der Waals surface area contributed by atoms with Crippen molar-refractivity contribution in [2.45, 2.75) is 24.9 Å². The first-order valence-electron chi connectivity index (χ1n) is 10.4. The monoisotopic (exact) mass is 428 g/mol. The van der Waals surface area contributed by atoms with E-state index in [0.717, 1.165) is 22.2 Å². The summed E-state index contributed by atoms with van der Waals surface area (Å²) < 4.78 is 15.5. The summed E-state index contributed by atoms with van der Waals surface area (Å²) in [6.07, 6.45) is 1.81. The Morgan fingerprint density at radius 3 is 2.69 bits per heavy atom. The molecule has 6 nitrogen and oxygen atoms in total. The van der Waals surface area contributed by atoms with E-state index in [9.17, 15) is 14.0 Å². The van der Waals surface area contributed by atoms with Gasteiger partial charge in [-0.1, -0.05) is 42.5 Å². The summed E-state index contributed by atoms with van der Waals surface area (Å²) in [5.74, 6) is -1.37. The summed E-state index contributed by atoms with van der Waals surface area (Å²) in [6, 6.07) is 20.7. The Kier molecular flexibility index (Phi) is 5.15. The van der Waals surface area contributed by atoms with E-state index in [1.165, 1.54) is 12.1 Å². The van der Waals surface area contributed by atoms with Gasteiger partial charge in [0.2, 0.25) is 11.8 Å². The van der Waals surface area contributed by atoms with Crippen molar-refractivity contribution < 1.29 is 14.0 Å². The molecule has 2 amide bonds. The van der Waals surface area contributed by atoms with E-state index >= 15 is 0 Å². The van der Waals surface area contributed by atoms with Crippen molar-refractivity contribution in [3.8, 4) is 0 Å². The number of hydrogen-bond acceptors (Lipinski definition) is 3. The third-order valence-electron chi connectivity index (χ3n) is 5.81. The third-order valence-corrected chi connectivity index (χ3v) is 5.81. The van der Waals surface area contributed by atoms with Gasteiger partial charge >= 0.3 is 0 Å². The van der Waals surface area contributed by atoms with E-state index in [0.29, 0.717) is 12.2 Å². The molecule has 2 unspecified atom stereocenters. The van der Waals surface area contributed by atoms with E-state index in [1.807, 2.05) is 47.0 Å². The molecule has 0 bridgehead atoms. The summed E-state index contributed by atoms with van der Waals surface area (Å²) >= 11 is 0. The van der Waals surface area contributed by atoms with Crippen LogP contribution in [-0.2, 0) is 16.1 Å². The Labute approximate surface area is 184 Å². The fourth-order valence-corrected chi connectivity index (χ4v) is 4.20. The zero-order chi connectivity index (χ0) is 22.1. The second-order valence-corrected chi connectivity index (χ2v) is 7.89. The molecule has 0 radical (unpaired) electrons. The maximum atomic E-state index is 13.6. The van der Waals surface area contributed by atoms with Gasteiger partial charge in [0.25, 0.3) is 0 Å². The van der Waals surface area contributed by atoms with Crippen molar-refractivity contribution in [2.24, 2.45) is 0 Å². The van der Waals surface area contributed by atoms with Gasteiger partial charge in [-0.05, 0) is 41.5 Å². The van der Waals surface area contributed by atoms with Crippen molar-refractivity contribution in [3.63, 3.8) is 0 Å². The number of anilines is 1. The molecule has 3 aromatic carbocycles. The molecule has 0 saturated heterocycles. The van der Waals surface area contributed by atoms with Gasteiger partial charge in [0.05, 0.1) is 29.3 Å². The Balaban J connectivity index is 1.46. The number of benzene rings is 3. The molecule has 1 aliphatic rings. The molecule has 1 aliphatic heterocycles. The number of nitrogens with one attached hydrogen (secondary N) is 2. The highest BCUT2D eigenvalue weighted by Crippen LogP contribution is 2.33. The van der Waals surface area contributed by atoms with Crippen LogP contribution in [0.25, 0.3) is 11.0 Å². The van der Waals surface area contributed by atoms with Gasteiger partial charge in [-0.3, -0.25) is 9.59 Å². The fraction of sp³-hybridized carbons (Fsp3) is 0.160. The molecule has 2 N–H and O–H groups in total. The average molecular weight is 428 g/mol. The van der Waals surface area contributed by atoms with Gasteiger partial charge in [-0.25, -0.2) is 9.37 Å². The minimum Gasteiger partial charge on any atom is -0.347 e. The Morgan fingerprint density at radius 1 is 1.09 bits per heavy atom. The minimum absolute atomic E-state index is 0.0764. The molecular weight excluding hydrogens is 407 g/mol. The molecule has 0 aliphatic carbocycles. The van der Waals surface area contributed by atoms with Crippen molar-refractivity contribution in [2.75, 3.05) is 5.32 Å². The number of carbonyl (C=O) groups excluding carboxylic acids is 2. The lowest BCUT2D eigenvalue weighted by Crippen LogP contribution is -2.38. The van der Waals surface area contributed by atoms with Crippen molar-refractivity contribution in [1.29, 1.82) is 0 Å². The number of fused-ring (bicyclic) bond motifs is 2. The summed E-state index contributed by atoms with van der Waals surface area (Å²) in [6.45, 7) is 0.415. The van der Waals surface area contributed by atoms with Gasteiger partial charge in [0.15, 0.2) is 0 Å². The molecular formula is C25H21FN4O2. The van der Waals surface area contributed by atoms with Gasteiger partial charge < -0.3 is 15.2 Å². The molecule has 160 valence electrons. The van der Waals surface area contributed by atoms with Crippen LogP contribution in [0.2, 0.25) is 0 Å². The molecule has 4 aromatic rings. The number of carbonyl (C=O) groups is 2. The van der Waals surface area contributed by atoms with Gasteiger partial charge in [0, 0.05) is 18.7 Å². The zero-order valence-corrected chi connectivity index (χ0v) is 17.2. The van der Waals surface area contributed by atoms with Crippen LogP contribution in [0, 0.1) is 5.82 Å². The summed E-state index contributed by atoms with van der Waals surface area (Å²) in [7, 11) is 0. The first kappa shape index (κ1) is 19.9. The van der Waals surface area contributed by atoms with Crippen molar-refractivity contribution in [3.05, 3.63) is 96.1 Å². The standard InChI is InChI=1S/C25H21FN4O2/c26-17-11-9-16(10-12-17)22(14-30-15-27-21-7-3-4-8-23(21)30)29-25(32)19-13-24(31)28-20-6-2-1-5-18(19)20/h1-12,15,19,22H,13-14H2,(H,28,31)(H,29,32). The zero-order valence-electron chi connectivity index (χ0n) is 17.2. The van der Waals surface area contributed by atoms with Crippen LogP contribution >= 0.6 is 0 Å². The minimum atomic E-state index is -0.595. The molecule has 2 atom stereocenters. The lowest BCUT2D eigenvalue weighted by atomic mass is 9.89. The number of rotatable bonds is 5. The van der Waals surface area contributed by atoms with Gasteiger partial charge in [0.1, 0.15) is 5.82 Å². The van der Waals surface area contributed by atoms with Crippen molar-refractivity contribution >= 4 is 28.5 Å². The van der Waals surface area contributed by atoms with Gasteiger partial charge in [-0.15, -0.1) is 0 Å². The normalized spacial score (nSPS) is 16.3. The topological polar surface area (TPSA) is 76.0 Å². The van der Waals surface area contributed by atoms with Crippen LogP contribution in [0.3, 0.4) is 0 Å². The summed E-state index contributed by atoms with van der Waals surface area (Å²) in [4.78, 5) is 30.0. The maximum absolute atomic E-state index is 13.6. The number of halogens is 1. The Morgan fingerprint density at radius 2 is 1.84 bits per heavy atom. The number of imidazole rings is 1. The molecule has 0 spiro atoms. The van der Waals surface area contributed by atoms with E-state index in [-0.39, 0.29) is 24.1 Å². The number of hydrogen-bond donors (Lipinski definition) is 2. The highest BCUT2D eigenvalue weighted by molar-refractivity contribution is 6.01. The SMILES string of the molecule is O=C1CC(C(=O)NC(Cn2cnc3ccccc32)c2ccc(F)cc2)c2ccccc2N1. The second kappa shape index (κ2) is 8.26. The quantitative estimate of drug-likeness (QED) is 0.501. The van der Waals surface area contributed by atoms with E-state index < -0.39 is 12.0 Å². The molecule has 1 aromatic heterocycles. The van der Waals surface area contributed by atoms with Crippen LogP contribution in [-0.4, -0.2) is 21.4 Å². The molecule has 0 saturated carbocycles. The second-order valence-electron chi connectivity index (χ2n) is 7.89. The van der Waals surface area contributed by atoms with Crippen molar-refractivity contribution in [1.82, 2.24) is 14.9 Å². The third kappa shape index (κ3) is 3.85. The summed E-state index contributed by atoms with van der Waals surface area (Å²) in [5, 5.41) is 5.92. The molecule has 5 rings (SSSR count). The highest BCUT2D eigenvalue weighted by atomic mass is 19.1. The van der Waals surface area contributed by atoms with E-state index in [2.05, 4.69) is 15.6 Å². The van der Waals surface area contributed by atoms with E-state index in [4.69, 9.17) is 0 Å². The average Bonchev–Trinajstić information content (AvgIpc) is 3.21. The first-order chi connectivity index (χ1) is 15.6. The summed E-state index contributed by atoms with van der Waals surface area (Å²) in [5.41, 5.74) is 4.01. The maximum Gasteiger partial charge on any atom is 0.228 e. The van der Waals surface area contributed by atoms with Crippen LogP contribution in [0.4, 0.5) is 10.1 Å². The Bertz CT molecular complexity index is 1300. The number of amides is 2. The largest absolute Gasteiger partial charge is 0.347 e. The highest BCUT2D eigenvalue weighted by Gasteiger charge is 2.32. The molecule has 32 heavy (non-hydrogen) atoms. The van der Waals surface area contributed by atoms with Crippen LogP contribution in [0.5, 0.6) is 0 Å². The molecule has 2 heterocycles. The molecule has 7 heteroatoms. The number of para-hydroxylation sites is 3. The lowest BCUT2D eigenvalue weighted by molar-refractivity contribution is -0.127. The molecule has 0 fully saturated rings. The van der Waals surface area contributed by atoms with Crippen LogP contribution < -0.4 is 10.6 Å². The lowest BCUT2D eigenvalue weighted by Gasteiger charge is -2.27. The number of nitrogens with zero attached hydrogens (tertiary/aromatic N) is 2. The predicted molar refractivity (Wildman–Crippen MR) is 119 cm³/mol. The van der Waals surface area contributed by atoms with Crippen LogP contribution in [0.1, 0.15) is 29.5 Å². The van der Waals surface area contributed by atoms with Gasteiger partial charge in [-0.2, -0.15) is 0 Å². The van der Waals surface area contributed by atoms with E-state index in [1.54, 1.807) is 24.5 Å².